The van der Waals surface area contributed by atoms with E-state index in [1.165, 1.54) is 12.1 Å². The maximum absolute atomic E-state index is 12.9. The molecule has 1 aliphatic rings. The summed E-state index contributed by atoms with van der Waals surface area (Å²) in [5, 5.41) is 6.71. The molecule has 23 heavy (non-hydrogen) atoms. The van der Waals surface area contributed by atoms with E-state index in [-0.39, 0.29) is 5.82 Å². The van der Waals surface area contributed by atoms with Crippen molar-refractivity contribution in [3.63, 3.8) is 0 Å². The topological polar surface area (TPSA) is 42.9 Å². The van der Waals surface area contributed by atoms with Gasteiger partial charge in [-0.15, -0.1) is 0 Å². The summed E-state index contributed by atoms with van der Waals surface area (Å²) in [5.41, 5.74) is 1.11. The first-order valence-electron chi connectivity index (χ1n) is 8.16. The molecule has 1 atom stereocenters. The van der Waals surface area contributed by atoms with Crippen LogP contribution in [0.15, 0.2) is 29.3 Å². The Bertz CT molecular complexity index is 502. The number of rotatable bonds is 5. The Morgan fingerprint density at radius 2 is 1.96 bits per heavy atom. The summed E-state index contributed by atoms with van der Waals surface area (Å²) in [6.07, 6.45) is 0.840. The minimum Gasteiger partial charge on any atom is -0.356 e. The Labute approximate surface area is 138 Å². The first kappa shape index (κ1) is 17.7. The Kier molecular flexibility index (Phi) is 6.80. The lowest BCUT2D eigenvalue weighted by molar-refractivity contribution is 0.116. The van der Waals surface area contributed by atoms with Crippen LogP contribution in [-0.2, 0) is 6.42 Å². The van der Waals surface area contributed by atoms with Gasteiger partial charge in [0.25, 0.3) is 0 Å². The lowest BCUT2D eigenvalue weighted by Gasteiger charge is -2.37. The van der Waals surface area contributed by atoms with Crippen molar-refractivity contribution >= 4 is 5.96 Å². The Morgan fingerprint density at radius 3 is 2.65 bits per heavy atom. The van der Waals surface area contributed by atoms with Gasteiger partial charge < -0.3 is 15.5 Å². The zero-order chi connectivity index (χ0) is 16.7. The minimum atomic E-state index is -0.194. The highest BCUT2D eigenvalue weighted by molar-refractivity contribution is 5.79. The molecule has 1 aliphatic heterocycles. The van der Waals surface area contributed by atoms with E-state index in [9.17, 15) is 4.39 Å². The molecule has 5 nitrogen and oxygen atoms in total. The lowest BCUT2D eigenvalue weighted by Crippen LogP contribution is -2.55. The molecule has 0 aromatic heterocycles. The molecule has 1 heterocycles. The molecule has 0 amide bonds. The molecule has 0 bridgehead atoms. The summed E-state index contributed by atoms with van der Waals surface area (Å²) < 4.78 is 12.9. The van der Waals surface area contributed by atoms with Gasteiger partial charge in [-0.05, 0) is 38.2 Å². The summed E-state index contributed by atoms with van der Waals surface area (Å²) in [6, 6.07) is 7.12. The summed E-state index contributed by atoms with van der Waals surface area (Å²) in [6.45, 7) is 4.93. The van der Waals surface area contributed by atoms with Gasteiger partial charge in [0, 0.05) is 45.8 Å². The number of hydrogen-bond donors (Lipinski definition) is 2. The van der Waals surface area contributed by atoms with Gasteiger partial charge in [-0.1, -0.05) is 12.1 Å². The van der Waals surface area contributed by atoms with Crippen LogP contribution in [0, 0.1) is 5.82 Å². The molecule has 2 rings (SSSR count). The predicted molar refractivity (Wildman–Crippen MR) is 93.4 cm³/mol. The monoisotopic (exact) mass is 321 g/mol. The van der Waals surface area contributed by atoms with Gasteiger partial charge >= 0.3 is 0 Å². The number of aliphatic imine (C=N–C) groups is 1. The Hall–Kier alpha value is -1.66. The van der Waals surface area contributed by atoms with Gasteiger partial charge in [0.15, 0.2) is 5.96 Å². The van der Waals surface area contributed by atoms with E-state index in [4.69, 9.17) is 0 Å². The van der Waals surface area contributed by atoms with Crippen molar-refractivity contribution in [1.82, 2.24) is 20.4 Å². The van der Waals surface area contributed by atoms with Crippen molar-refractivity contribution < 1.29 is 4.39 Å². The second-order valence-electron chi connectivity index (χ2n) is 6.15. The fourth-order valence-corrected chi connectivity index (χ4v) is 2.73. The molecular formula is C17H28FN5. The van der Waals surface area contributed by atoms with Crippen molar-refractivity contribution in [1.29, 1.82) is 0 Å². The van der Waals surface area contributed by atoms with Crippen LogP contribution in [0.5, 0.6) is 0 Å². The Balaban J connectivity index is 1.71. The van der Waals surface area contributed by atoms with Crippen molar-refractivity contribution in [2.24, 2.45) is 4.99 Å². The smallest absolute Gasteiger partial charge is 0.191 e. The highest BCUT2D eigenvalue weighted by Gasteiger charge is 2.21. The zero-order valence-electron chi connectivity index (χ0n) is 14.3. The van der Waals surface area contributed by atoms with Gasteiger partial charge in [-0.3, -0.25) is 9.89 Å². The van der Waals surface area contributed by atoms with Crippen LogP contribution in [-0.4, -0.2) is 75.7 Å². The van der Waals surface area contributed by atoms with Crippen LogP contribution in [0.3, 0.4) is 0 Å². The SMILES string of the molecule is CN=C(NCCc1ccc(F)cc1)NCC1CN(C)CCN1C. The molecule has 1 aromatic rings. The van der Waals surface area contributed by atoms with Gasteiger partial charge in [0.05, 0.1) is 0 Å². The third kappa shape index (κ3) is 5.80. The van der Waals surface area contributed by atoms with E-state index in [1.54, 1.807) is 7.05 Å². The van der Waals surface area contributed by atoms with E-state index in [1.807, 2.05) is 12.1 Å². The number of nitrogens with one attached hydrogen (secondary N) is 2. The molecule has 0 aliphatic carbocycles. The molecule has 2 N–H and O–H groups in total. The fraction of sp³-hybridized carbons (Fsp3) is 0.588. The largest absolute Gasteiger partial charge is 0.356 e. The second-order valence-corrected chi connectivity index (χ2v) is 6.15. The zero-order valence-corrected chi connectivity index (χ0v) is 14.3. The van der Waals surface area contributed by atoms with Crippen molar-refractivity contribution in [3.8, 4) is 0 Å². The van der Waals surface area contributed by atoms with E-state index in [2.05, 4.69) is 39.5 Å². The van der Waals surface area contributed by atoms with Crippen LogP contribution < -0.4 is 10.6 Å². The molecule has 1 saturated heterocycles. The first-order chi connectivity index (χ1) is 11.1. The van der Waals surface area contributed by atoms with Crippen LogP contribution in [0.1, 0.15) is 5.56 Å². The highest BCUT2D eigenvalue weighted by Crippen LogP contribution is 2.05. The van der Waals surface area contributed by atoms with Crippen LogP contribution >= 0.6 is 0 Å². The normalized spacial score (nSPS) is 20.5. The number of halogens is 1. The van der Waals surface area contributed by atoms with Crippen LogP contribution in [0.4, 0.5) is 4.39 Å². The molecule has 0 spiro atoms. The molecule has 6 heteroatoms. The number of guanidine groups is 1. The number of hydrogen-bond acceptors (Lipinski definition) is 3. The van der Waals surface area contributed by atoms with Crippen LogP contribution in [0.25, 0.3) is 0 Å². The third-order valence-corrected chi connectivity index (χ3v) is 4.33. The molecule has 0 saturated carbocycles. The fourth-order valence-electron chi connectivity index (χ4n) is 2.73. The van der Waals surface area contributed by atoms with E-state index >= 15 is 0 Å². The van der Waals surface area contributed by atoms with Crippen LogP contribution in [0.2, 0.25) is 0 Å². The summed E-state index contributed by atoms with van der Waals surface area (Å²) >= 11 is 0. The average Bonchev–Trinajstić information content (AvgIpc) is 2.55. The van der Waals surface area contributed by atoms with Gasteiger partial charge in [-0.2, -0.15) is 0 Å². The predicted octanol–water partition coefficient (Wildman–Crippen LogP) is 0.779. The number of piperazine rings is 1. The van der Waals surface area contributed by atoms with Crippen molar-refractivity contribution in [2.75, 3.05) is 53.9 Å². The van der Waals surface area contributed by atoms with Crippen molar-refractivity contribution in [2.45, 2.75) is 12.5 Å². The van der Waals surface area contributed by atoms with Gasteiger partial charge in [0.1, 0.15) is 5.82 Å². The van der Waals surface area contributed by atoms with E-state index in [0.717, 1.165) is 50.7 Å². The maximum atomic E-state index is 12.9. The maximum Gasteiger partial charge on any atom is 0.191 e. The standard InChI is InChI=1S/C17H28FN5/c1-19-17(20-9-8-14-4-6-15(18)7-5-14)21-12-16-13-22(2)10-11-23(16)3/h4-7,16H,8-13H2,1-3H3,(H2,19,20,21). The van der Waals surface area contributed by atoms with Gasteiger partial charge in [-0.25, -0.2) is 4.39 Å². The minimum absolute atomic E-state index is 0.194. The first-order valence-corrected chi connectivity index (χ1v) is 8.16. The lowest BCUT2D eigenvalue weighted by atomic mass is 10.1. The number of nitrogens with zero attached hydrogens (tertiary/aromatic N) is 3. The molecular weight excluding hydrogens is 293 g/mol. The van der Waals surface area contributed by atoms with E-state index in [0.29, 0.717) is 6.04 Å². The number of likely N-dealkylation sites (N-methyl/N-ethyl adjacent to an activating group) is 2. The van der Waals surface area contributed by atoms with Gasteiger partial charge in [0.2, 0.25) is 0 Å². The quantitative estimate of drug-likeness (QED) is 0.621. The Morgan fingerprint density at radius 1 is 1.22 bits per heavy atom. The molecule has 1 unspecified atom stereocenters. The third-order valence-electron chi connectivity index (χ3n) is 4.33. The van der Waals surface area contributed by atoms with Crippen molar-refractivity contribution in [3.05, 3.63) is 35.6 Å². The molecule has 1 aromatic carbocycles. The molecule has 0 radical (unpaired) electrons. The highest BCUT2D eigenvalue weighted by atomic mass is 19.1. The second kappa shape index (κ2) is 8.84. The summed E-state index contributed by atoms with van der Waals surface area (Å²) in [5.74, 6) is 0.620. The molecule has 128 valence electrons. The summed E-state index contributed by atoms with van der Waals surface area (Å²) in [4.78, 5) is 9.01. The molecule has 1 fully saturated rings. The number of benzene rings is 1. The average molecular weight is 321 g/mol. The summed E-state index contributed by atoms with van der Waals surface area (Å²) in [7, 11) is 6.11. The van der Waals surface area contributed by atoms with E-state index < -0.39 is 0 Å².